The lowest BCUT2D eigenvalue weighted by atomic mass is 10.1. The van der Waals surface area contributed by atoms with Gasteiger partial charge in [-0.05, 0) is 43.7 Å². The van der Waals surface area contributed by atoms with Crippen LogP contribution < -0.4 is 20.7 Å². The monoisotopic (exact) mass is 652 g/mol. The second kappa shape index (κ2) is 14.9. The normalized spacial score (nSPS) is 15.0. The summed E-state index contributed by atoms with van der Waals surface area (Å²) in [5.74, 6) is 0.149. The van der Waals surface area contributed by atoms with Crippen molar-refractivity contribution in [3.63, 3.8) is 0 Å². The van der Waals surface area contributed by atoms with Crippen LogP contribution >= 0.6 is 0 Å². The number of hydrogen-bond donors (Lipinski definition) is 0. The highest BCUT2D eigenvalue weighted by Crippen LogP contribution is 2.39. The third kappa shape index (κ3) is 7.33. The van der Waals surface area contributed by atoms with Gasteiger partial charge in [0.25, 0.3) is 16.6 Å². The lowest BCUT2D eigenvalue weighted by Gasteiger charge is -2.45. The minimum absolute atomic E-state index is 0.100. The van der Waals surface area contributed by atoms with Gasteiger partial charge < -0.3 is 18.3 Å². The van der Waals surface area contributed by atoms with Crippen LogP contribution in [0, 0.1) is 5.92 Å². The predicted molar refractivity (Wildman–Crippen MR) is 196 cm³/mol. The lowest BCUT2D eigenvalue weighted by molar-refractivity contribution is -0.0522. The molecule has 1 aliphatic rings. The Labute approximate surface area is 279 Å². The molecule has 1 aliphatic heterocycles. The molecule has 0 spiro atoms. The van der Waals surface area contributed by atoms with Gasteiger partial charge in [-0.15, -0.1) is 0 Å². The highest BCUT2D eigenvalue weighted by atomic mass is 28.4. The van der Waals surface area contributed by atoms with Crippen molar-refractivity contribution >= 4 is 37.4 Å². The zero-order valence-corrected chi connectivity index (χ0v) is 30.6. The average molecular weight is 653 g/mol. The molecule has 0 aliphatic carbocycles. The van der Waals surface area contributed by atoms with Crippen molar-refractivity contribution in [1.29, 1.82) is 0 Å². The molecule has 0 atom stereocenters. The summed E-state index contributed by atoms with van der Waals surface area (Å²) >= 11 is 0. The van der Waals surface area contributed by atoms with Crippen molar-refractivity contribution < 1.29 is 18.3 Å². The van der Waals surface area contributed by atoms with Crippen LogP contribution in [0.5, 0.6) is 0 Å². The van der Waals surface area contributed by atoms with Crippen molar-refractivity contribution in [3.8, 4) is 0 Å². The first kappa shape index (κ1) is 34.5. The zero-order valence-electron chi connectivity index (χ0n) is 28.6. The van der Waals surface area contributed by atoms with E-state index in [1.165, 1.54) is 20.7 Å². The number of ether oxygens (including phenoxy) is 2. The van der Waals surface area contributed by atoms with Gasteiger partial charge in [-0.1, -0.05) is 163 Å². The van der Waals surface area contributed by atoms with Gasteiger partial charge in [0.05, 0.1) is 13.2 Å². The maximum Gasteiger partial charge on any atom is 0.261 e. The van der Waals surface area contributed by atoms with E-state index < -0.39 is 16.6 Å². The summed E-state index contributed by atoms with van der Waals surface area (Å²) in [7, 11) is -5.44. The summed E-state index contributed by atoms with van der Waals surface area (Å²) in [6.07, 6.45) is 1.54. The quantitative estimate of drug-likeness (QED) is 0.147. The van der Waals surface area contributed by atoms with E-state index in [9.17, 15) is 0 Å². The molecular weight excluding hydrogens is 601 g/mol. The molecule has 1 fully saturated rings. The molecule has 46 heavy (non-hydrogen) atoms. The number of benzene rings is 4. The van der Waals surface area contributed by atoms with Crippen LogP contribution in [0.1, 0.15) is 54.4 Å². The lowest BCUT2D eigenvalue weighted by Crippen LogP contribution is -2.67. The molecule has 244 valence electrons. The molecular formula is C40H52O4Si2. The van der Waals surface area contributed by atoms with Gasteiger partial charge in [-0.25, -0.2) is 0 Å². The summed E-state index contributed by atoms with van der Waals surface area (Å²) in [5, 5.41) is 4.98. The largest absolute Gasteiger partial charge is 0.407 e. The maximum absolute atomic E-state index is 7.50. The van der Waals surface area contributed by atoms with E-state index in [1.807, 2.05) is 0 Å². The Bertz CT molecular complexity index is 1280. The van der Waals surface area contributed by atoms with E-state index in [1.54, 1.807) is 0 Å². The molecule has 0 aromatic heterocycles. The minimum Gasteiger partial charge on any atom is -0.407 e. The molecule has 4 aromatic carbocycles. The second-order valence-electron chi connectivity index (χ2n) is 14.6. The molecule has 0 unspecified atom stereocenters. The van der Waals surface area contributed by atoms with Crippen LogP contribution in [-0.2, 0) is 18.3 Å². The van der Waals surface area contributed by atoms with Gasteiger partial charge in [-0.3, -0.25) is 0 Å². The predicted octanol–water partition coefficient (Wildman–Crippen LogP) is 6.91. The number of hydrogen-bond acceptors (Lipinski definition) is 4. The SMILES string of the molecule is CC(C)(C)[Si](OCC(CCC1OCCO1)CO[Si](c1ccccc1)(c1ccccc1)C(C)(C)C)(c1ccccc1)c1ccccc1. The van der Waals surface area contributed by atoms with E-state index in [0.717, 1.165) is 12.8 Å². The summed E-state index contributed by atoms with van der Waals surface area (Å²) < 4.78 is 26.8. The molecule has 0 amide bonds. The van der Waals surface area contributed by atoms with Crippen molar-refractivity contribution in [2.45, 2.75) is 70.8 Å². The average Bonchev–Trinajstić information content (AvgIpc) is 3.58. The Morgan fingerprint density at radius 1 is 0.543 bits per heavy atom. The van der Waals surface area contributed by atoms with Crippen molar-refractivity contribution in [2.24, 2.45) is 5.92 Å². The molecule has 0 saturated carbocycles. The van der Waals surface area contributed by atoms with E-state index in [2.05, 4.69) is 163 Å². The van der Waals surface area contributed by atoms with Gasteiger partial charge in [0.2, 0.25) is 0 Å². The zero-order chi connectivity index (χ0) is 32.7. The summed E-state index contributed by atoms with van der Waals surface area (Å²) in [6.45, 7) is 16.6. The van der Waals surface area contributed by atoms with Crippen LogP contribution in [0.15, 0.2) is 121 Å². The first-order chi connectivity index (χ1) is 22.1. The topological polar surface area (TPSA) is 36.9 Å². The molecule has 0 radical (unpaired) electrons. The molecule has 6 heteroatoms. The Balaban J connectivity index is 1.53. The first-order valence-electron chi connectivity index (χ1n) is 16.8. The minimum atomic E-state index is -2.72. The maximum atomic E-state index is 7.50. The Morgan fingerprint density at radius 2 is 0.848 bits per heavy atom. The fraction of sp³-hybridized carbons (Fsp3) is 0.400. The van der Waals surface area contributed by atoms with Gasteiger partial charge in [0.15, 0.2) is 6.29 Å². The van der Waals surface area contributed by atoms with Crippen LogP contribution in [-0.4, -0.2) is 49.4 Å². The van der Waals surface area contributed by atoms with E-state index >= 15 is 0 Å². The molecule has 0 N–H and O–H groups in total. The first-order valence-corrected chi connectivity index (χ1v) is 20.6. The second-order valence-corrected chi connectivity index (χ2v) is 23.2. The Hall–Kier alpha value is -2.85. The molecule has 1 heterocycles. The van der Waals surface area contributed by atoms with Crippen molar-refractivity contribution in [2.75, 3.05) is 26.4 Å². The fourth-order valence-corrected chi connectivity index (χ4v) is 16.5. The highest BCUT2D eigenvalue weighted by Gasteiger charge is 2.52. The van der Waals surface area contributed by atoms with Crippen molar-refractivity contribution in [3.05, 3.63) is 121 Å². The van der Waals surface area contributed by atoms with E-state index in [0.29, 0.717) is 26.4 Å². The molecule has 4 nitrogen and oxygen atoms in total. The van der Waals surface area contributed by atoms with Gasteiger partial charge >= 0.3 is 0 Å². The van der Waals surface area contributed by atoms with Crippen LogP contribution in [0.25, 0.3) is 0 Å². The van der Waals surface area contributed by atoms with Crippen LogP contribution in [0.2, 0.25) is 10.1 Å². The van der Waals surface area contributed by atoms with Crippen molar-refractivity contribution in [1.82, 2.24) is 0 Å². The summed E-state index contributed by atoms with van der Waals surface area (Å²) in [5.41, 5.74) is 0. The van der Waals surface area contributed by atoms with Gasteiger partial charge in [0, 0.05) is 19.1 Å². The Morgan fingerprint density at radius 3 is 1.13 bits per heavy atom. The molecule has 5 rings (SSSR count). The highest BCUT2D eigenvalue weighted by molar-refractivity contribution is 7.00. The summed E-state index contributed by atoms with van der Waals surface area (Å²) in [6, 6.07) is 43.7. The van der Waals surface area contributed by atoms with E-state index in [-0.39, 0.29) is 22.3 Å². The van der Waals surface area contributed by atoms with E-state index in [4.69, 9.17) is 18.3 Å². The Kier molecular flexibility index (Phi) is 11.2. The number of rotatable bonds is 13. The smallest absolute Gasteiger partial charge is 0.261 e. The third-order valence-corrected chi connectivity index (χ3v) is 19.4. The third-order valence-electron chi connectivity index (χ3n) is 9.41. The van der Waals surface area contributed by atoms with Gasteiger partial charge in [0.1, 0.15) is 0 Å². The van der Waals surface area contributed by atoms with Crippen LogP contribution in [0.3, 0.4) is 0 Å². The standard InChI is InChI=1S/C40H52O4Si2/c1-39(2,3)45(34-19-11-7-12-20-34,35-21-13-8-14-22-35)43-31-33(27-28-38-41-29-30-42-38)32-44-46(40(4,5)6,36-23-15-9-16-24-36)37-25-17-10-18-26-37/h7-26,33,38H,27-32H2,1-6H3. The fourth-order valence-electron chi connectivity index (χ4n) is 7.17. The van der Waals surface area contributed by atoms with Gasteiger partial charge in [-0.2, -0.15) is 0 Å². The van der Waals surface area contributed by atoms with Crippen LogP contribution in [0.4, 0.5) is 0 Å². The molecule has 0 bridgehead atoms. The molecule has 4 aromatic rings. The molecule has 1 saturated heterocycles. The summed E-state index contributed by atoms with van der Waals surface area (Å²) in [4.78, 5) is 0.